The third-order valence-electron chi connectivity index (χ3n) is 3.79. The molecular weight excluding hydrogens is 326 g/mol. The summed E-state index contributed by atoms with van der Waals surface area (Å²) in [5, 5.41) is 14.4. The van der Waals surface area contributed by atoms with Crippen molar-refractivity contribution in [3.8, 4) is 0 Å². The number of nitrogens with zero attached hydrogens (tertiary/aromatic N) is 3. The van der Waals surface area contributed by atoms with Gasteiger partial charge in [-0.2, -0.15) is 5.10 Å². The number of aromatic nitrogens is 3. The largest absolute Gasteiger partial charge is 0.477 e. The Hall–Kier alpha value is -2.40. The average molecular weight is 344 g/mol. The highest BCUT2D eigenvalue weighted by Gasteiger charge is 2.24. The van der Waals surface area contributed by atoms with Crippen LogP contribution in [0.3, 0.4) is 0 Å². The van der Waals surface area contributed by atoms with E-state index in [1.165, 1.54) is 6.07 Å². The fourth-order valence-corrected chi connectivity index (χ4v) is 2.89. The molecule has 0 fully saturated rings. The summed E-state index contributed by atoms with van der Waals surface area (Å²) in [5.41, 5.74) is 3.53. The standard InChI is InChI=1S/C18H18ClN3O2/c1-18(2,3)16-13(15-8-7-11(19)10-22(15)21-16)9-12-5-4-6-14(20-12)17(23)24/h4-8,10H,9H2,1-3H3,(H,23,24). The zero-order valence-electron chi connectivity index (χ0n) is 13.7. The van der Waals surface area contributed by atoms with Crippen LogP contribution in [0.25, 0.3) is 5.52 Å². The Labute approximate surface area is 144 Å². The van der Waals surface area contributed by atoms with E-state index >= 15 is 0 Å². The van der Waals surface area contributed by atoms with Gasteiger partial charge >= 0.3 is 5.97 Å². The molecule has 0 amide bonds. The number of pyridine rings is 2. The molecule has 3 aromatic heterocycles. The summed E-state index contributed by atoms with van der Waals surface area (Å²) < 4.78 is 1.78. The predicted molar refractivity (Wildman–Crippen MR) is 92.9 cm³/mol. The summed E-state index contributed by atoms with van der Waals surface area (Å²) in [6.45, 7) is 6.29. The van der Waals surface area contributed by atoms with Crippen LogP contribution < -0.4 is 0 Å². The molecular formula is C18H18ClN3O2. The highest BCUT2D eigenvalue weighted by molar-refractivity contribution is 6.30. The highest BCUT2D eigenvalue weighted by Crippen LogP contribution is 2.30. The lowest BCUT2D eigenvalue weighted by Gasteiger charge is -2.17. The van der Waals surface area contributed by atoms with Crippen molar-refractivity contribution in [3.05, 3.63) is 64.2 Å². The summed E-state index contributed by atoms with van der Waals surface area (Å²) in [4.78, 5) is 15.4. The normalized spacial score (nSPS) is 11.8. The molecule has 3 rings (SSSR count). The summed E-state index contributed by atoms with van der Waals surface area (Å²) >= 11 is 6.07. The van der Waals surface area contributed by atoms with Crippen molar-refractivity contribution in [1.82, 2.24) is 14.6 Å². The molecule has 0 bridgehead atoms. The molecule has 5 nitrogen and oxygen atoms in total. The first-order chi connectivity index (χ1) is 11.3. The van der Waals surface area contributed by atoms with Crippen molar-refractivity contribution in [2.75, 3.05) is 0 Å². The van der Waals surface area contributed by atoms with E-state index in [0.29, 0.717) is 17.1 Å². The molecule has 3 heterocycles. The Kier molecular flexibility index (Phi) is 4.05. The summed E-state index contributed by atoms with van der Waals surface area (Å²) in [6.07, 6.45) is 2.29. The first-order valence-electron chi connectivity index (χ1n) is 7.62. The number of fused-ring (bicyclic) bond motifs is 1. The first kappa shape index (κ1) is 16.5. The van der Waals surface area contributed by atoms with Crippen LogP contribution in [0.2, 0.25) is 5.02 Å². The zero-order valence-corrected chi connectivity index (χ0v) is 14.5. The Bertz CT molecular complexity index is 926. The summed E-state index contributed by atoms with van der Waals surface area (Å²) in [6, 6.07) is 8.80. The number of carboxylic acid groups (broad SMARTS) is 1. The fraction of sp³-hybridized carbons (Fsp3) is 0.278. The van der Waals surface area contributed by atoms with Crippen molar-refractivity contribution < 1.29 is 9.90 Å². The lowest BCUT2D eigenvalue weighted by molar-refractivity contribution is 0.0690. The summed E-state index contributed by atoms with van der Waals surface area (Å²) in [7, 11) is 0. The molecule has 6 heteroatoms. The predicted octanol–water partition coefficient (Wildman–Crippen LogP) is 3.97. The van der Waals surface area contributed by atoms with Crippen molar-refractivity contribution in [3.63, 3.8) is 0 Å². The molecule has 0 aromatic carbocycles. The van der Waals surface area contributed by atoms with Crippen molar-refractivity contribution in [2.45, 2.75) is 32.6 Å². The van der Waals surface area contributed by atoms with Crippen LogP contribution >= 0.6 is 11.6 Å². The van der Waals surface area contributed by atoms with Gasteiger partial charge < -0.3 is 5.11 Å². The quantitative estimate of drug-likeness (QED) is 0.781. The maximum Gasteiger partial charge on any atom is 0.354 e. The number of hydrogen-bond donors (Lipinski definition) is 1. The smallest absolute Gasteiger partial charge is 0.354 e. The molecule has 0 saturated heterocycles. The van der Waals surface area contributed by atoms with Gasteiger partial charge in [-0.25, -0.2) is 14.3 Å². The Balaban J connectivity index is 2.14. The molecule has 0 radical (unpaired) electrons. The molecule has 3 aromatic rings. The number of carbonyl (C=O) groups is 1. The van der Waals surface area contributed by atoms with Crippen molar-refractivity contribution in [2.24, 2.45) is 0 Å². The molecule has 0 aliphatic rings. The van der Waals surface area contributed by atoms with E-state index < -0.39 is 5.97 Å². The van der Waals surface area contributed by atoms with Gasteiger partial charge in [0.1, 0.15) is 5.69 Å². The molecule has 0 aliphatic carbocycles. The number of rotatable bonds is 3. The van der Waals surface area contributed by atoms with E-state index in [4.69, 9.17) is 16.7 Å². The zero-order chi connectivity index (χ0) is 17.5. The van der Waals surface area contributed by atoms with Gasteiger partial charge in [0.15, 0.2) is 0 Å². The SMILES string of the molecule is CC(C)(C)c1nn2cc(Cl)ccc2c1Cc1cccc(C(=O)O)n1. The minimum absolute atomic E-state index is 0.0457. The van der Waals surface area contributed by atoms with Gasteiger partial charge in [0.25, 0.3) is 0 Å². The molecule has 0 aliphatic heterocycles. The van der Waals surface area contributed by atoms with Gasteiger partial charge in [-0.15, -0.1) is 0 Å². The Morgan fingerprint density at radius 2 is 2.00 bits per heavy atom. The van der Waals surface area contributed by atoms with Crippen LogP contribution in [-0.4, -0.2) is 25.7 Å². The highest BCUT2D eigenvalue weighted by atomic mass is 35.5. The number of hydrogen-bond acceptors (Lipinski definition) is 3. The molecule has 0 spiro atoms. The monoisotopic (exact) mass is 343 g/mol. The van der Waals surface area contributed by atoms with E-state index in [1.807, 2.05) is 18.2 Å². The molecule has 0 saturated carbocycles. The molecule has 124 valence electrons. The number of halogens is 1. The van der Waals surface area contributed by atoms with Gasteiger partial charge in [-0.05, 0) is 24.3 Å². The maximum absolute atomic E-state index is 11.1. The van der Waals surface area contributed by atoms with E-state index in [9.17, 15) is 4.79 Å². The van der Waals surface area contributed by atoms with Gasteiger partial charge in [-0.1, -0.05) is 38.4 Å². The van der Waals surface area contributed by atoms with Gasteiger partial charge in [-0.3, -0.25) is 0 Å². The third kappa shape index (κ3) is 3.12. The van der Waals surface area contributed by atoms with Gasteiger partial charge in [0, 0.05) is 29.3 Å². The maximum atomic E-state index is 11.1. The topological polar surface area (TPSA) is 67.5 Å². The second kappa shape index (κ2) is 5.91. The number of carboxylic acids is 1. The third-order valence-corrected chi connectivity index (χ3v) is 4.01. The second-order valence-electron chi connectivity index (χ2n) is 6.75. The van der Waals surface area contributed by atoms with Crippen LogP contribution in [0.4, 0.5) is 0 Å². The second-order valence-corrected chi connectivity index (χ2v) is 7.19. The lowest BCUT2D eigenvalue weighted by atomic mass is 9.87. The minimum atomic E-state index is -1.03. The Morgan fingerprint density at radius 1 is 1.25 bits per heavy atom. The summed E-state index contributed by atoms with van der Waals surface area (Å²) in [5.74, 6) is -1.03. The van der Waals surface area contributed by atoms with Crippen LogP contribution in [-0.2, 0) is 11.8 Å². The van der Waals surface area contributed by atoms with Gasteiger partial charge in [0.2, 0.25) is 0 Å². The fourth-order valence-electron chi connectivity index (χ4n) is 2.73. The average Bonchev–Trinajstić information content (AvgIpc) is 2.85. The first-order valence-corrected chi connectivity index (χ1v) is 8.00. The Morgan fingerprint density at radius 3 is 2.67 bits per heavy atom. The molecule has 0 atom stereocenters. The lowest BCUT2D eigenvalue weighted by Crippen LogP contribution is -2.15. The van der Waals surface area contributed by atoms with E-state index in [0.717, 1.165) is 16.8 Å². The number of aromatic carboxylic acids is 1. The van der Waals surface area contributed by atoms with Crippen molar-refractivity contribution in [1.29, 1.82) is 0 Å². The van der Waals surface area contributed by atoms with E-state index in [2.05, 4.69) is 30.9 Å². The van der Waals surface area contributed by atoms with Crippen LogP contribution in [0.15, 0.2) is 36.5 Å². The van der Waals surface area contributed by atoms with Crippen LogP contribution in [0.5, 0.6) is 0 Å². The molecule has 1 N–H and O–H groups in total. The molecule has 0 unspecified atom stereocenters. The van der Waals surface area contributed by atoms with Crippen LogP contribution in [0, 0.1) is 0 Å². The van der Waals surface area contributed by atoms with E-state index in [-0.39, 0.29) is 11.1 Å². The van der Waals surface area contributed by atoms with Crippen molar-refractivity contribution >= 4 is 23.1 Å². The van der Waals surface area contributed by atoms with Gasteiger partial charge in [0.05, 0.1) is 16.2 Å². The molecule has 24 heavy (non-hydrogen) atoms. The van der Waals surface area contributed by atoms with E-state index in [1.54, 1.807) is 16.8 Å². The van der Waals surface area contributed by atoms with Crippen LogP contribution in [0.1, 0.15) is 48.2 Å². The minimum Gasteiger partial charge on any atom is -0.477 e.